The first-order valence-electron chi connectivity index (χ1n) is 8.06. The minimum Gasteiger partial charge on any atom is -0.473 e. The molecule has 8 nitrogen and oxygen atoms in total. The molecule has 1 heterocycles. The number of aliphatic carboxylic acids is 2. The maximum atomic E-state index is 12.0. The summed E-state index contributed by atoms with van der Waals surface area (Å²) < 4.78 is 25.6. The van der Waals surface area contributed by atoms with Crippen LogP contribution in [0, 0.1) is 0 Å². The molecule has 0 saturated carbocycles. The summed E-state index contributed by atoms with van der Waals surface area (Å²) in [5.74, 6) is -3.40. The summed E-state index contributed by atoms with van der Waals surface area (Å²) >= 11 is 5.97. The van der Waals surface area contributed by atoms with Gasteiger partial charge in [0.2, 0.25) is 10.0 Å². The average Bonchev–Trinajstić information content (AvgIpc) is 2.56. The van der Waals surface area contributed by atoms with E-state index in [0.717, 1.165) is 24.7 Å². The summed E-state index contributed by atoms with van der Waals surface area (Å²) in [6.45, 7) is 5.44. The number of piperazine rings is 1. The number of rotatable bonds is 5. The van der Waals surface area contributed by atoms with Crippen LogP contribution < -0.4 is 0 Å². The Morgan fingerprint density at radius 1 is 1.12 bits per heavy atom. The molecule has 0 bridgehead atoms. The number of hydrogen-bond acceptors (Lipinski definition) is 5. The zero-order valence-corrected chi connectivity index (χ0v) is 16.0. The molecule has 26 heavy (non-hydrogen) atoms. The van der Waals surface area contributed by atoms with Gasteiger partial charge in [-0.1, -0.05) is 30.7 Å². The fourth-order valence-corrected chi connectivity index (χ4v) is 4.15. The molecule has 0 spiro atoms. The van der Waals surface area contributed by atoms with E-state index in [9.17, 15) is 8.42 Å². The van der Waals surface area contributed by atoms with Crippen LogP contribution in [-0.2, 0) is 26.2 Å². The molecule has 2 rings (SSSR count). The SMILES string of the molecule is CCCS(=O)(=O)N1CCN(Cc2cccc(Cl)c2)CC1.O=C(O)C(=O)O. The van der Waals surface area contributed by atoms with Crippen molar-refractivity contribution in [1.29, 1.82) is 0 Å². The van der Waals surface area contributed by atoms with Gasteiger partial charge in [0.25, 0.3) is 0 Å². The van der Waals surface area contributed by atoms with Gasteiger partial charge in [-0.05, 0) is 24.1 Å². The molecular formula is C16H23ClN2O6S. The van der Waals surface area contributed by atoms with Crippen LogP contribution in [0.1, 0.15) is 18.9 Å². The second kappa shape index (κ2) is 10.5. The number of halogens is 1. The Hall–Kier alpha value is -1.68. The Labute approximate surface area is 158 Å². The highest BCUT2D eigenvalue weighted by Crippen LogP contribution is 2.15. The summed E-state index contributed by atoms with van der Waals surface area (Å²) in [5, 5.41) is 15.5. The zero-order chi connectivity index (χ0) is 19.7. The lowest BCUT2D eigenvalue weighted by Crippen LogP contribution is -2.48. The number of carboxylic acids is 2. The van der Waals surface area contributed by atoms with E-state index >= 15 is 0 Å². The van der Waals surface area contributed by atoms with Crippen molar-refractivity contribution in [1.82, 2.24) is 9.21 Å². The minimum atomic E-state index is -3.05. The molecule has 0 atom stereocenters. The molecule has 1 aliphatic heterocycles. The van der Waals surface area contributed by atoms with Crippen LogP contribution in [0.25, 0.3) is 0 Å². The standard InChI is InChI=1S/C14H21ClN2O2S.C2H2O4/c1-2-10-20(18,19)17-8-6-16(7-9-17)12-13-4-3-5-14(15)11-13;3-1(4)2(5)6/h3-5,11H,2,6-10,12H2,1H3;(H,3,4)(H,5,6). The quantitative estimate of drug-likeness (QED) is 0.709. The minimum absolute atomic E-state index is 0.251. The summed E-state index contributed by atoms with van der Waals surface area (Å²) in [4.78, 5) is 20.5. The fourth-order valence-electron chi connectivity index (χ4n) is 2.45. The van der Waals surface area contributed by atoms with Gasteiger partial charge < -0.3 is 10.2 Å². The van der Waals surface area contributed by atoms with Gasteiger partial charge in [0.15, 0.2) is 0 Å². The van der Waals surface area contributed by atoms with Gasteiger partial charge in [0.1, 0.15) is 0 Å². The molecule has 0 aliphatic carbocycles. The summed E-state index contributed by atoms with van der Waals surface area (Å²) in [6, 6.07) is 7.81. The van der Waals surface area contributed by atoms with Crippen molar-refractivity contribution < 1.29 is 28.2 Å². The maximum Gasteiger partial charge on any atom is 0.414 e. The number of nitrogens with zero attached hydrogens (tertiary/aromatic N) is 2. The Kier molecular flexibility index (Phi) is 9.00. The zero-order valence-electron chi connectivity index (χ0n) is 14.5. The number of carbonyl (C=O) groups is 2. The highest BCUT2D eigenvalue weighted by Gasteiger charge is 2.25. The molecule has 1 fully saturated rings. The van der Waals surface area contributed by atoms with Gasteiger partial charge in [-0.15, -0.1) is 0 Å². The highest BCUT2D eigenvalue weighted by atomic mass is 35.5. The Bertz CT molecular complexity index is 705. The lowest BCUT2D eigenvalue weighted by Gasteiger charge is -2.34. The predicted molar refractivity (Wildman–Crippen MR) is 97.7 cm³/mol. The predicted octanol–water partition coefficient (Wildman–Crippen LogP) is 1.35. The Morgan fingerprint density at radius 3 is 2.15 bits per heavy atom. The van der Waals surface area contributed by atoms with Gasteiger partial charge in [-0.2, -0.15) is 4.31 Å². The van der Waals surface area contributed by atoms with E-state index in [0.29, 0.717) is 19.5 Å². The Balaban J connectivity index is 0.000000487. The molecule has 1 saturated heterocycles. The van der Waals surface area contributed by atoms with E-state index in [4.69, 9.17) is 31.4 Å². The molecule has 0 amide bonds. The van der Waals surface area contributed by atoms with Crippen LogP contribution >= 0.6 is 11.6 Å². The monoisotopic (exact) mass is 406 g/mol. The molecule has 0 unspecified atom stereocenters. The van der Waals surface area contributed by atoms with Crippen LogP contribution in [-0.4, -0.2) is 71.7 Å². The first kappa shape index (κ1) is 22.4. The van der Waals surface area contributed by atoms with Crippen LogP contribution in [0.15, 0.2) is 24.3 Å². The second-order valence-electron chi connectivity index (χ2n) is 5.73. The van der Waals surface area contributed by atoms with Crippen LogP contribution in [0.3, 0.4) is 0 Å². The van der Waals surface area contributed by atoms with Crippen molar-refractivity contribution in [2.24, 2.45) is 0 Å². The molecule has 1 aromatic carbocycles. The number of hydrogen-bond donors (Lipinski definition) is 2. The van der Waals surface area contributed by atoms with Crippen LogP contribution in [0.2, 0.25) is 5.02 Å². The molecule has 2 N–H and O–H groups in total. The van der Waals surface area contributed by atoms with Crippen molar-refractivity contribution >= 4 is 33.6 Å². The lowest BCUT2D eigenvalue weighted by molar-refractivity contribution is -0.159. The third-order valence-electron chi connectivity index (χ3n) is 3.66. The molecule has 146 valence electrons. The summed E-state index contributed by atoms with van der Waals surface area (Å²) in [7, 11) is -3.05. The first-order valence-corrected chi connectivity index (χ1v) is 10.0. The van der Waals surface area contributed by atoms with Gasteiger partial charge in [-0.3, -0.25) is 4.90 Å². The molecule has 0 radical (unpaired) electrons. The second-order valence-corrected chi connectivity index (χ2v) is 8.26. The topological polar surface area (TPSA) is 115 Å². The van der Waals surface area contributed by atoms with Gasteiger partial charge in [0, 0.05) is 37.7 Å². The van der Waals surface area contributed by atoms with Crippen LogP contribution in [0.5, 0.6) is 0 Å². The van der Waals surface area contributed by atoms with Gasteiger partial charge in [0.05, 0.1) is 5.75 Å². The third-order valence-corrected chi connectivity index (χ3v) is 5.98. The van der Waals surface area contributed by atoms with E-state index in [2.05, 4.69) is 4.90 Å². The molecule has 0 aromatic heterocycles. The van der Waals surface area contributed by atoms with Crippen molar-refractivity contribution in [3.05, 3.63) is 34.9 Å². The van der Waals surface area contributed by atoms with Gasteiger partial charge >= 0.3 is 11.9 Å². The van der Waals surface area contributed by atoms with E-state index in [-0.39, 0.29) is 5.75 Å². The van der Waals surface area contributed by atoms with Gasteiger partial charge in [-0.25, -0.2) is 18.0 Å². The number of carboxylic acid groups (broad SMARTS) is 2. The van der Waals surface area contributed by atoms with E-state index in [1.165, 1.54) is 5.56 Å². The molecule has 1 aliphatic rings. The smallest absolute Gasteiger partial charge is 0.414 e. The van der Waals surface area contributed by atoms with Crippen molar-refractivity contribution in [3.8, 4) is 0 Å². The first-order chi connectivity index (χ1) is 12.2. The summed E-state index contributed by atoms with van der Waals surface area (Å²) in [6.07, 6.45) is 0.672. The lowest BCUT2D eigenvalue weighted by atomic mass is 10.2. The van der Waals surface area contributed by atoms with E-state index in [1.54, 1.807) is 4.31 Å². The highest BCUT2D eigenvalue weighted by molar-refractivity contribution is 7.89. The van der Waals surface area contributed by atoms with Crippen molar-refractivity contribution in [2.45, 2.75) is 19.9 Å². The van der Waals surface area contributed by atoms with Crippen LogP contribution in [0.4, 0.5) is 0 Å². The van der Waals surface area contributed by atoms with Crippen molar-refractivity contribution in [2.75, 3.05) is 31.9 Å². The Morgan fingerprint density at radius 2 is 1.69 bits per heavy atom. The van der Waals surface area contributed by atoms with Crippen molar-refractivity contribution in [3.63, 3.8) is 0 Å². The maximum absolute atomic E-state index is 12.0. The number of benzene rings is 1. The average molecular weight is 407 g/mol. The largest absolute Gasteiger partial charge is 0.473 e. The summed E-state index contributed by atoms with van der Waals surface area (Å²) in [5.41, 5.74) is 1.17. The number of sulfonamides is 1. The molecule has 10 heteroatoms. The third kappa shape index (κ3) is 7.69. The van der Waals surface area contributed by atoms with E-state index < -0.39 is 22.0 Å². The molecule has 1 aromatic rings. The van der Waals surface area contributed by atoms with E-state index in [1.807, 2.05) is 31.2 Å². The molecular weight excluding hydrogens is 384 g/mol. The normalized spacial score (nSPS) is 15.8. The fraction of sp³-hybridized carbons (Fsp3) is 0.500.